The van der Waals surface area contributed by atoms with Crippen molar-refractivity contribution in [2.75, 3.05) is 0 Å². The Kier molecular flexibility index (Phi) is 4.75. The number of hydrogen-bond donors (Lipinski definition) is 0. The molecule has 3 unspecified atom stereocenters. The maximum atomic E-state index is 13.4. The molecule has 6 fully saturated rings. The van der Waals surface area contributed by atoms with Crippen LogP contribution in [0.15, 0.2) is 0 Å². The van der Waals surface area contributed by atoms with Crippen molar-refractivity contribution in [3.8, 4) is 0 Å². The summed E-state index contributed by atoms with van der Waals surface area (Å²) < 4.78 is 6.28. The fourth-order valence-corrected chi connectivity index (χ4v) is 13.0. The van der Waals surface area contributed by atoms with Crippen molar-refractivity contribution in [3.63, 3.8) is 0 Å². The highest BCUT2D eigenvalue weighted by atomic mass is 79.9. The molecule has 1 heterocycles. The van der Waals surface area contributed by atoms with Crippen LogP contribution >= 0.6 is 15.9 Å². The first-order valence-electron chi connectivity index (χ1n) is 14.0. The summed E-state index contributed by atoms with van der Waals surface area (Å²) in [5, 5.41) is 0. The van der Waals surface area contributed by atoms with Gasteiger partial charge in [0.15, 0.2) is 5.78 Å². The lowest BCUT2D eigenvalue weighted by Crippen LogP contribution is -2.68. The predicted molar refractivity (Wildman–Crippen MR) is 137 cm³/mol. The average Bonchev–Trinajstić information content (AvgIpc) is 3.00. The van der Waals surface area contributed by atoms with E-state index < -0.39 is 0 Å². The molecular weight excluding hydrogens is 488 g/mol. The molecule has 3 nitrogen and oxygen atoms in total. The Morgan fingerprint density at radius 2 is 1.47 bits per heavy atom. The molecule has 0 aromatic carbocycles. The minimum absolute atomic E-state index is 0.0211. The molecule has 6 rings (SSSR count). The van der Waals surface area contributed by atoms with E-state index in [-0.39, 0.29) is 49.4 Å². The molecule has 0 aromatic rings. The second-order valence-corrected chi connectivity index (χ2v) is 16.5. The molecule has 1 saturated heterocycles. The Labute approximate surface area is 215 Å². The number of alkyl halides is 1. The maximum absolute atomic E-state index is 13.4. The molecule has 0 radical (unpaired) electrons. The van der Waals surface area contributed by atoms with Crippen LogP contribution in [0.4, 0.5) is 0 Å². The lowest BCUT2D eigenvalue weighted by atomic mass is 9.31. The third-order valence-corrected chi connectivity index (χ3v) is 14.5. The summed E-state index contributed by atoms with van der Waals surface area (Å²) in [6.45, 7) is 16.9. The van der Waals surface area contributed by atoms with E-state index >= 15 is 0 Å². The molecule has 190 valence electrons. The molecule has 0 N–H and O–H groups in total. The van der Waals surface area contributed by atoms with Crippen molar-refractivity contribution >= 4 is 27.7 Å². The molecule has 5 aliphatic carbocycles. The molecule has 0 aromatic heterocycles. The smallest absolute Gasteiger partial charge is 0.312 e. The summed E-state index contributed by atoms with van der Waals surface area (Å²) in [6, 6.07) is 0. The van der Waals surface area contributed by atoms with Gasteiger partial charge < -0.3 is 4.74 Å². The van der Waals surface area contributed by atoms with E-state index in [1.165, 1.54) is 19.3 Å². The summed E-state index contributed by atoms with van der Waals surface area (Å²) in [6.07, 6.45) is 10.2. The van der Waals surface area contributed by atoms with Gasteiger partial charge >= 0.3 is 5.97 Å². The van der Waals surface area contributed by atoms with Crippen LogP contribution in [-0.4, -0.2) is 22.7 Å². The highest BCUT2D eigenvalue weighted by molar-refractivity contribution is 9.10. The zero-order chi connectivity index (χ0) is 24.7. The minimum Gasteiger partial charge on any atom is -0.461 e. The van der Waals surface area contributed by atoms with Gasteiger partial charge in [0, 0.05) is 16.7 Å². The predicted octanol–water partition coefficient (Wildman–Crippen LogP) is 7.35. The molecule has 0 amide bonds. The number of esters is 1. The van der Waals surface area contributed by atoms with E-state index in [1.807, 2.05) is 0 Å². The molecule has 34 heavy (non-hydrogen) atoms. The van der Waals surface area contributed by atoms with Crippen molar-refractivity contribution in [2.45, 2.75) is 117 Å². The largest absolute Gasteiger partial charge is 0.461 e. The normalized spacial score (nSPS) is 57.1. The third kappa shape index (κ3) is 2.51. The van der Waals surface area contributed by atoms with Crippen molar-refractivity contribution in [3.05, 3.63) is 0 Å². The van der Waals surface area contributed by atoms with Gasteiger partial charge in [-0.2, -0.15) is 0 Å². The summed E-state index contributed by atoms with van der Waals surface area (Å²) in [7, 11) is 0. The number of carbonyl (C=O) groups is 2. The van der Waals surface area contributed by atoms with E-state index in [2.05, 4.69) is 64.4 Å². The Hall–Kier alpha value is -0.380. The summed E-state index contributed by atoms with van der Waals surface area (Å²) in [5.74, 6) is 2.59. The van der Waals surface area contributed by atoms with Gasteiger partial charge in [0.1, 0.15) is 6.10 Å². The fourth-order valence-electron chi connectivity index (χ4n) is 11.7. The summed E-state index contributed by atoms with van der Waals surface area (Å²) >= 11 is 3.83. The Balaban J connectivity index is 1.42. The highest BCUT2D eigenvalue weighted by Gasteiger charge is 2.75. The van der Waals surface area contributed by atoms with Gasteiger partial charge in [-0.25, -0.2) is 0 Å². The Bertz CT molecular complexity index is 955. The number of Topliss-reactive ketones (excluding diaryl/α,β-unsaturated/α-hetero) is 1. The zero-order valence-electron chi connectivity index (χ0n) is 22.4. The number of ether oxygens (including phenoxy) is 1. The van der Waals surface area contributed by atoms with Crippen molar-refractivity contribution in [1.29, 1.82) is 0 Å². The Morgan fingerprint density at radius 1 is 0.794 bits per heavy atom. The van der Waals surface area contributed by atoms with E-state index in [4.69, 9.17) is 4.74 Å². The molecule has 5 saturated carbocycles. The van der Waals surface area contributed by atoms with Gasteiger partial charge in [-0.1, -0.05) is 64.4 Å². The van der Waals surface area contributed by atoms with Gasteiger partial charge in [-0.15, -0.1) is 0 Å². The monoisotopic (exact) mass is 532 g/mol. The summed E-state index contributed by atoms with van der Waals surface area (Å²) in [5.41, 5.74) is 0.259. The molecular formula is C30H45BrO3. The number of ketones is 1. The molecule has 1 aliphatic heterocycles. The molecule has 4 heteroatoms. The number of halogens is 1. The molecule has 6 aliphatic rings. The third-order valence-electron chi connectivity index (χ3n) is 13.7. The zero-order valence-corrected chi connectivity index (χ0v) is 24.0. The molecule has 0 spiro atoms. The second kappa shape index (κ2) is 6.73. The van der Waals surface area contributed by atoms with Crippen molar-refractivity contribution in [1.82, 2.24) is 0 Å². The lowest BCUT2D eigenvalue weighted by Gasteiger charge is -2.72. The second-order valence-electron chi connectivity index (χ2n) is 15.4. The first kappa shape index (κ1) is 24.0. The first-order valence-corrected chi connectivity index (χ1v) is 15.0. The number of carbonyl (C=O) groups excluding carboxylic acids is 2. The van der Waals surface area contributed by atoms with Crippen LogP contribution in [-0.2, 0) is 14.3 Å². The SMILES string of the molecule is CC1(C)CC[C@]23CC[C@]4(C)[C@H](CC[C@@H]5[C@@]6(C)CC(Br)C(=O)C(C)(C)[C@@H]6CC[C@]54C)C2C1OC3=O. The van der Waals surface area contributed by atoms with Crippen molar-refractivity contribution < 1.29 is 14.3 Å². The van der Waals surface area contributed by atoms with Crippen LogP contribution in [0.1, 0.15) is 106 Å². The van der Waals surface area contributed by atoms with Crippen LogP contribution in [0.25, 0.3) is 0 Å². The lowest BCUT2D eigenvalue weighted by molar-refractivity contribution is -0.239. The van der Waals surface area contributed by atoms with E-state index in [0.717, 1.165) is 38.5 Å². The Morgan fingerprint density at radius 3 is 2.18 bits per heavy atom. The highest BCUT2D eigenvalue weighted by Crippen LogP contribution is 2.78. The van der Waals surface area contributed by atoms with E-state index in [9.17, 15) is 9.59 Å². The molecule has 2 bridgehead atoms. The number of hydrogen-bond acceptors (Lipinski definition) is 3. The van der Waals surface area contributed by atoms with E-state index in [0.29, 0.717) is 29.5 Å². The molecule has 10 atom stereocenters. The van der Waals surface area contributed by atoms with Crippen LogP contribution in [0.3, 0.4) is 0 Å². The fraction of sp³-hybridized carbons (Fsp3) is 0.933. The van der Waals surface area contributed by atoms with E-state index in [1.54, 1.807) is 0 Å². The van der Waals surface area contributed by atoms with Crippen LogP contribution in [0, 0.1) is 56.2 Å². The van der Waals surface area contributed by atoms with Gasteiger partial charge in [0.05, 0.1) is 10.2 Å². The van der Waals surface area contributed by atoms with Gasteiger partial charge in [0.25, 0.3) is 0 Å². The summed E-state index contributed by atoms with van der Waals surface area (Å²) in [4.78, 5) is 26.5. The minimum atomic E-state index is -0.260. The quantitative estimate of drug-likeness (QED) is 0.242. The van der Waals surface area contributed by atoms with Crippen LogP contribution < -0.4 is 0 Å². The topological polar surface area (TPSA) is 43.4 Å². The van der Waals surface area contributed by atoms with Crippen LogP contribution in [0.5, 0.6) is 0 Å². The van der Waals surface area contributed by atoms with Gasteiger partial charge in [-0.05, 0) is 91.8 Å². The number of fused-ring (bicyclic) bond motifs is 5. The number of rotatable bonds is 0. The first-order chi connectivity index (χ1) is 15.7. The van der Waals surface area contributed by atoms with Crippen molar-refractivity contribution in [2.24, 2.45) is 56.2 Å². The van der Waals surface area contributed by atoms with Crippen LogP contribution in [0.2, 0.25) is 0 Å². The van der Waals surface area contributed by atoms with Gasteiger partial charge in [-0.3, -0.25) is 9.59 Å². The van der Waals surface area contributed by atoms with Gasteiger partial charge in [0.2, 0.25) is 0 Å². The standard InChI is InChI=1S/C30H45BrO3/c1-25(2)12-14-30-15-13-28(6)17(21(30)23(25)34-24(30)33)8-9-20-27(5)16-18(31)22(32)26(3,4)19(27)10-11-29(20,28)7/h17-21,23H,8-16H2,1-7H3/t17-,18?,19+,20-,21?,23?,27+,28-,29-,30+/m1/s1. The average molecular weight is 534 g/mol. The maximum Gasteiger partial charge on any atom is 0.312 e.